The first-order chi connectivity index (χ1) is 10.0. The number of methoxy groups -OCH3 is 1. The maximum atomic E-state index is 11.7. The molecular weight excluding hydrogens is 272 g/mol. The lowest BCUT2D eigenvalue weighted by Crippen LogP contribution is -2.52. The molecular formula is C14H28N4O3. The van der Waals surface area contributed by atoms with Gasteiger partial charge in [-0.3, -0.25) is 19.4 Å². The molecule has 0 atom stereocenters. The predicted octanol–water partition coefficient (Wildman–Crippen LogP) is -1.11. The second-order valence-corrected chi connectivity index (χ2v) is 5.62. The van der Waals surface area contributed by atoms with Crippen molar-refractivity contribution >= 4 is 11.8 Å². The van der Waals surface area contributed by atoms with Crippen molar-refractivity contribution in [3.63, 3.8) is 0 Å². The molecule has 0 aromatic rings. The van der Waals surface area contributed by atoms with E-state index < -0.39 is 0 Å². The minimum atomic E-state index is 0.0260. The van der Waals surface area contributed by atoms with E-state index in [0.717, 1.165) is 26.2 Å². The molecule has 122 valence electrons. The highest BCUT2D eigenvalue weighted by Crippen LogP contribution is 2.01. The Bertz CT molecular complexity index is 328. The second-order valence-electron chi connectivity index (χ2n) is 5.62. The van der Waals surface area contributed by atoms with Crippen LogP contribution in [-0.2, 0) is 14.3 Å². The Kier molecular flexibility index (Phi) is 8.26. The first-order valence-corrected chi connectivity index (χ1v) is 7.51. The lowest BCUT2D eigenvalue weighted by Gasteiger charge is -2.33. The molecule has 1 aliphatic heterocycles. The molecule has 1 saturated heterocycles. The lowest BCUT2D eigenvalue weighted by atomic mass is 10.3. The fourth-order valence-corrected chi connectivity index (χ4v) is 2.23. The average molecular weight is 300 g/mol. The molecule has 7 heteroatoms. The molecule has 0 aliphatic carbocycles. The predicted molar refractivity (Wildman–Crippen MR) is 81.0 cm³/mol. The van der Waals surface area contributed by atoms with Gasteiger partial charge in [0.15, 0.2) is 0 Å². The summed E-state index contributed by atoms with van der Waals surface area (Å²) in [5.74, 6) is 0.0915. The van der Waals surface area contributed by atoms with Crippen molar-refractivity contribution in [3.05, 3.63) is 0 Å². The maximum Gasteiger partial charge on any atom is 0.234 e. The van der Waals surface area contributed by atoms with Crippen LogP contribution in [0.3, 0.4) is 0 Å². The van der Waals surface area contributed by atoms with Crippen molar-refractivity contribution in [1.29, 1.82) is 0 Å². The average Bonchev–Trinajstić information content (AvgIpc) is 2.40. The third-order valence-corrected chi connectivity index (χ3v) is 3.28. The number of rotatable bonds is 8. The molecule has 21 heavy (non-hydrogen) atoms. The number of piperazine rings is 1. The first kappa shape index (κ1) is 17.9. The second kappa shape index (κ2) is 9.70. The molecule has 0 bridgehead atoms. The summed E-state index contributed by atoms with van der Waals surface area (Å²) in [7, 11) is 1.61. The van der Waals surface area contributed by atoms with Gasteiger partial charge in [0.2, 0.25) is 11.8 Å². The van der Waals surface area contributed by atoms with Crippen LogP contribution in [0.5, 0.6) is 0 Å². The Hall–Kier alpha value is -1.18. The van der Waals surface area contributed by atoms with Crippen LogP contribution in [0.25, 0.3) is 0 Å². The minimum Gasteiger partial charge on any atom is -0.383 e. The van der Waals surface area contributed by atoms with Gasteiger partial charge >= 0.3 is 0 Å². The molecule has 0 aromatic heterocycles. The molecule has 1 heterocycles. The summed E-state index contributed by atoms with van der Waals surface area (Å²) in [6.45, 7) is 9.10. The monoisotopic (exact) mass is 300 g/mol. The van der Waals surface area contributed by atoms with Gasteiger partial charge in [-0.15, -0.1) is 0 Å². The van der Waals surface area contributed by atoms with E-state index in [4.69, 9.17) is 4.74 Å². The highest BCUT2D eigenvalue weighted by atomic mass is 16.5. The van der Waals surface area contributed by atoms with E-state index in [2.05, 4.69) is 20.4 Å². The van der Waals surface area contributed by atoms with Crippen LogP contribution in [0, 0.1) is 0 Å². The van der Waals surface area contributed by atoms with Crippen LogP contribution < -0.4 is 10.6 Å². The summed E-state index contributed by atoms with van der Waals surface area (Å²) in [5.41, 5.74) is 0. The van der Waals surface area contributed by atoms with Crippen LogP contribution in [-0.4, -0.2) is 87.2 Å². The van der Waals surface area contributed by atoms with Gasteiger partial charge in [-0.1, -0.05) is 0 Å². The van der Waals surface area contributed by atoms with Crippen molar-refractivity contribution in [2.45, 2.75) is 19.9 Å². The molecule has 2 N–H and O–H groups in total. The van der Waals surface area contributed by atoms with Crippen LogP contribution in [0.4, 0.5) is 0 Å². The SMILES string of the molecule is COCCNC(=O)CN1CCN(CC(=O)NC(C)C)CC1. The number of ether oxygens (including phenoxy) is 1. The number of carbonyl (C=O) groups excluding carboxylic acids is 2. The number of carbonyl (C=O) groups is 2. The quantitative estimate of drug-likeness (QED) is 0.556. The molecule has 7 nitrogen and oxygen atoms in total. The van der Waals surface area contributed by atoms with E-state index >= 15 is 0 Å². The van der Waals surface area contributed by atoms with Crippen molar-refractivity contribution in [1.82, 2.24) is 20.4 Å². The zero-order valence-electron chi connectivity index (χ0n) is 13.4. The van der Waals surface area contributed by atoms with E-state index in [9.17, 15) is 9.59 Å². The molecule has 1 fully saturated rings. The van der Waals surface area contributed by atoms with E-state index in [1.807, 2.05) is 13.8 Å². The fraction of sp³-hybridized carbons (Fsp3) is 0.857. The minimum absolute atomic E-state index is 0.0260. The van der Waals surface area contributed by atoms with Crippen LogP contribution >= 0.6 is 0 Å². The molecule has 2 amide bonds. The number of hydrogen-bond acceptors (Lipinski definition) is 5. The Balaban J connectivity index is 2.17. The zero-order valence-corrected chi connectivity index (χ0v) is 13.4. The van der Waals surface area contributed by atoms with Crippen molar-refractivity contribution in [3.8, 4) is 0 Å². The van der Waals surface area contributed by atoms with Gasteiger partial charge in [0.1, 0.15) is 0 Å². The molecule has 0 spiro atoms. The normalized spacial score (nSPS) is 17.0. The Morgan fingerprint density at radius 2 is 1.57 bits per heavy atom. The van der Waals surface area contributed by atoms with E-state index in [0.29, 0.717) is 26.2 Å². The smallest absolute Gasteiger partial charge is 0.234 e. The van der Waals surface area contributed by atoms with Gasteiger partial charge in [-0.05, 0) is 13.8 Å². The molecule has 1 aliphatic rings. The van der Waals surface area contributed by atoms with E-state index in [1.54, 1.807) is 7.11 Å². The highest BCUT2D eigenvalue weighted by Gasteiger charge is 2.20. The van der Waals surface area contributed by atoms with Gasteiger partial charge in [-0.25, -0.2) is 0 Å². The fourth-order valence-electron chi connectivity index (χ4n) is 2.23. The molecule has 0 unspecified atom stereocenters. The van der Waals surface area contributed by atoms with Gasteiger partial charge in [0.25, 0.3) is 0 Å². The first-order valence-electron chi connectivity index (χ1n) is 7.51. The standard InChI is InChI=1S/C14H28N4O3/c1-12(2)16-14(20)11-18-7-5-17(6-8-18)10-13(19)15-4-9-21-3/h12H,4-11H2,1-3H3,(H,15,19)(H,16,20). The lowest BCUT2D eigenvalue weighted by molar-refractivity contribution is -0.125. The van der Waals surface area contributed by atoms with Crippen molar-refractivity contribution in [2.75, 3.05) is 59.5 Å². The summed E-state index contributed by atoms with van der Waals surface area (Å²) >= 11 is 0. The van der Waals surface area contributed by atoms with Crippen LogP contribution in [0.15, 0.2) is 0 Å². The van der Waals surface area contributed by atoms with Gasteiger partial charge in [0.05, 0.1) is 19.7 Å². The Labute approximate surface area is 127 Å². The van der Waals surface area contributed by atoms with Crippen molar-refractivity contribution < 1.29 is 14.3 Å². The summed E-state index contributed by atoms with van der Waals surface area (Å²) in [6.07, 6.45) is 0. The van der Waals surface area contributed by atoms with Crippen LogP contribution in [0.1, 0.15) is 13.8 Å². The Morgan fingerprint density at radius 3 is 2.05 bits per heavy atom. The van der Waals surface area contributed by atoms with Gasteiger partial charge in [-0.2, -0.15) is 0 Å². The molecule has 0 aromatic carbocycles. The van der Waals surface area contributed by atoms with E-state index in [-0.39, 0.29) is 17.9 Å². The summed E-state index contributed by atoms with van der Waals surface area (Å²) in [5, 5.41) is 5.70. The topological polar surface area (TPSA) is 73.9 Å². The van der Waals surface area contributed by atoms with Crippen molar-refractivity contribution in [2.24, 2.45) is 0 Å². The Morgan fingerprint density at radius 1 is 1.05 bits per heavy atom. The highest BCUT2D eigenvalue weighted by molar-refractivity contribution is 5.78. The third kappa shape index (κ3) is 7.99. The summed E-state index contributed by atoms with van der Waals surface area (Å²) < 4.78 is 4.89. The molecule has 1 rings (SSSR count). The molecule has 0 radical (unpaired) electrons. The van der Waals surface area contributed by atoms with Gasteiger partial charge in [0, 0.05) is 45.9 Å². The largest absolute Gasteiger partial charge is 0.383 e. The zero-order chi connectivity index (χ0) is 15.7. The third-order valence-electron chi connectivity index (χ3n) is 3.28. The number of hydrogen-bond donors (Lipinski definition) is 2. The maximum absolute atomic E-state index is 11.7. The number of amides is 2. The number of nitrogens with zero attached hydrogens (tertiary/aromatic N) is 2. The van der Waals surface area contributed by atoms with Crippen LogP contribution in [0.2, 0.25) is 0 Å². The number of nitrogens with one attached hydrogen (secondary N) is 2. The van der Waals surface area contributed by atoms with E-state index in [1.165, 1.54) is 0 Å². The summed E-state index contributed by atoms with van der Waals surface area (Å²) in [4.78, 5) is 27.6. The molecule has 0 saturated carbocycles. The summed E-state index contributed by atoms with van der Waals surface area (Å²) in [6, 6.07) is 0.176. The van der Waals surface area contributed by atoms with Gasteiger partial charge < -0.3 is 15.4 Å².